The summed E-state index contributed by atoms with van der Waals surface area (Å²) in [6, 6.07) is 9.71. The third-order valence-corrected chi connectivity index (χ3v) is 3.49. The van der Waals surface area contributed by atoms with Crippen molar-refractivity contribution in [3.63, 3.8) is 0 Å². The van der Waals surface area contributed by atoms with Crippen molar-refractivity contribution in [1.29, 1.82) is 0 Å². The van der Waals surface area contributed by atoms with Crippen LogP contribution in [-0.2, 0) is 12.8 Å². The summed E-state index contributed by atoms with van der Waals surface area (Å²) in [7, 11) is 0. The van der Waals surface area contributed by atoms with Gasteiger partial charge in [0.1, 0.15) is 0 Å². The largest absolute Gasteiger partial charge is 0.504 e. The summed E-state index contributed by atoms with van der Waals surface area (Å²) in [5.74, 6) is -0.380. The minimum Gasteiger partial charge on any atom is -0.504 e. The minimum atomic E-state index is -0.103. The zero-order chi connectivity index (χ0) is 15.9. The van der Waals surface area contributed by atoms with E-state index >= 15 is 0 Å². The van der Waals surface area contributed by atoms with E-state index in [1.54, 1.807) is 24.3 Å². The van der Waals surface area contributed by atoms with E-state index in [0.717, 1.165) is 43.5 Å². The number of benzene rings is 2. The van der Waals surface area contributed by atoms with E-state index in [1.807, 2.05) is 0 Å². The van der Waals surface area contributed by atoms with E-state index in [-0.39, 0.29) is 23.0 Å². The quantitative estimate of drug-likeness (QED) is 0.400. The predicted molar refractivity (Wildman–Crippen MR) is 84.4 cm³/mol. The molecule has 0 heterocycles. The van der Waals surface area contributed by atoms with Gasteiger partial charge in [-0.25, -0.2) is 0 Å². The zero-order valence-corrected chi connectivity index (χ0v) is 12.3. The van der Waals surface area contributed by atoms with Crippen molar-refractivity contribution in [2.24, 2.45) is 0 Å². The lowest BCUT2D eigenvalue weighted by atomic mass is 10.1. The van der Waals surface area contributed by atoms with Crippen LogP contribution >= 0.6 is 0 Å². The molecule has 0 radical (unpaired) electrons. The average Bonchev–Trinajstić information content (AvgIpc) is 2.50. The Kier molecular flexibility index (Phi) is 5.49. The van der Waals surface area contributed by atoms with Gasteiger partial charge in [0.15, 0.2) is 23.0 Å². The summed E-state index contributed by atoms with van der Waals surface area (Å²) in [5, 5.41) is 40.6. The summed E-state index contributed by atoms with van der Waals surface area (Å²) in [6.45, 7) is 1.62. The summed E-state index contributed by atoms with van der Waals surface area (Å²) < 4.78 is 0. The van der Waals surface area contributed by atoms with Crippen LogP contribution in [0.1, 0.15) is 17.5 Å². The number of hydrogen-bond donors (Lipinski definition) is 5. The molecular formula is C17H21NO4. The van der Waals surface area contributed by atoms with Crippen LogP contribution in [0.3, 0.4) is 0 Å². The van der Waals surface area contributed by atoms with Gasteiger partial charge >= 0.3 is 0 Å². The fraction of sp³-hybridized carbons (Fsp3) is 0.294. The number of rotatable bonds is 7. The minimum absolute atomic E-state index is 0.0856. The number of phenolic OH excluding ortho intramolecular Hbond substituents is 4. The third-order valence-electron chi connectivity index (χ3n) is 3.49. The fourth-order valence-electron chi connectivity index (χ4n) is 2.22. The van der Waals surface area contributed by atoms with Crippen molar-refractivity contribution in [1.82, 2.24) is 5.32 Å². The highest BCUT2D eigenvalue weighted by atomic mass is 16.3. The molecule has 0 aromatic heterocycles. The van der Waals surface area contributed by atoms with Gasteiger partial charge in [-0.3, -0.25) is 0 Å². The van der Waals surface area contributed by atoms with Crippen LogP contribution in [0.15, 0.2) is 36.4 Å². The van der Waals surface area contributed by atoms with E-state index in [1.165, 1.54) is 12.1 Å². The maximum atomic E-state index is 9.40. The lowest BCUT2D eigenvalue weighted by molar-refractivity contribution is 0.403. The van der Waals surface area contributed by atoms with Crippen molar-refractivity contribution in [2.75, 3.05) is 13.1 Å². The van der Waals surface area contributed by atoms with Crippen LogP contribution in [0.25, 0.3) is 0 Å². The maximum absolute atomic E-state index is 9.40. The maximum Gasteiger partial charge on any atom is 0.157 e. The molecule has 0 aliphatic heterocycles. The first-order valence-electron chi connectivity index (χ1n) is 7.28. The van der Waals surface area contributed by atoms with Gasteiger partial charge in [-0.05, 0) is 67.7 Å². The van der Waals surface area contributed by atoms with Crippen LogP contribution in [0, 0.1) is 0 Å². The monoisotopic (exact) mass is 303 g/mol. The molecule has 0 saturated carbocycles. The van der Waals surface area contributed by atoms with Gasteiger partial charge in [-0.1, -0.05) is 12.1 Å². The van der Waals surface area contributed by atoms with Crippen molar-refractivity contribution >= 4 is 0 Å². The predicted octanol–water partition coefficient (Wildman–Crippen LogP) is 2.27. The smallest absolute Gasteiger partial charge is 0.157 e. The third kappa shape index (κ3) is 4.56. The molecule has 118 valence electrons. The summed E-state index contributed by atoms with van der Waals surface area (Å²) in [5.41, 5.74) is 1.95. The van der Waals surface area contributed by atoms with Crippen LogP contribution in [0.4, 0.5) is 0 Å². The molecule has 5 N–H and O–H groups in total. The summed E-state index contributed by atoms with van der Waals surface area (Å²) in [6.07, 6.45) is 2.51. The van der Waals surface area contributed by atoms with Gasteiger partial charge in [0.2, 0.25) is 0 Å². The normalized spacial score (nSPS) is 10.7. The van der Waals surface area contributed by atoms with E-state index in [2.05, 4.69) is 5.32 Å². The molecule has 0 saturated heterocycles. The lowest BCUT2D eigenvalue weighted by Crippen LogP contribution is -2.19. The molecule has 0 fully saturated rings. The Labute approximate surface area is 129 Å². The number of phenols is 4. The second kappa shape index (κ2) is 7.56. The Morgan fingerprint density at radius 3 is 1.73 bits per heavy atom. The Morgan fingerprint density at radius 1 is 0.636 bits per heavy atom. The SMILES string of the molecule is Oc1ccc(CCCNCCc2ccc(O)c(O)c2)cc1O. The van der Waals surface area contributed by atoms with Crippen molar-refractivity contribution in [2.45, 2.75) is 19.3 Å². The molecule has 5 nitrogen and oxygen atoms in total. The van der Waals surface area contributed by atoms with Gasteiger partial charge in [0, 0.05) is 0 Å². The van der Waals surface area contributed by atoms with Crippen molar-refractivity contribution in [3.8, 4) is 23.0 Å². The highest BCUT2D eigenvalue weighted by molar-refractivity contribution is 5.41. The van der Waals surface area contributed by atoms with E-state index in [0.29, 0.717) is 0 Å². The number of nitrogens with one attached hydrogen (secondary N) is 1. The first-order chi connectivity index (χ1) is 10.6. The highest BCUT2D eigenvalue weighted by Gasteiger charge is 2.02. The van der Waals surface area contributed by atoms with Crippen molar-refractivity contribution in [3.05, 3.63) is 47.5 Å². The molecule has 0 atom stereocenters. The van der Waals surface area contributed by atoms with Crippen LogP contribution < -0.4 is 5.32 Å². The molecule has 22 heavy (non-hydrogen) atoms. The van der Waals surface area contributed by atoms with E-state index < -0.39 is 0 Å². The fourth-order valence-corrected chi connectivity index (χ4v) is 2.22. The van der Waals surface area contributed by atoms with E-state index in [9.17, 15) is 20.4 Å². The Bertz CT molecular complexity index is 573. The second-order valence-corrected chi connectivity index (χ2v) is 5.25. The van der Waals surface area contributed by atoms with Crippen LogP contribution in [0.5, 0.6) is 23.0 Å². The van der Waals surface area contributed by atoms with Gasteiger partial charge < -0.3 is 25.7 Å². The molecule has 2 rings (SSSR count). The molecule has 0 unspecified atom stereocenters. The lowest BCUT2D eigenvalue weighted by Gasteiger charge is -2.07. The number of hydrogen-bond acceptors (Lipinski definition) is 5. The van der Waals surface area contributed by atoms with Gasteiger partial charge in [-0.2, -0.15) is 0 Å². The van der Waals surface area contributed by atoms with Gasteiger partial charge in [0.05, 0.1) is 0 Å². The number of aromatic hydroxyl groups is 4. The standard InChI is InChI=1S/C17H21NO4/c19-14-5-3-12(10-16(14)21)2-1-8-18-9-7-13-4-6-15(20)17(22)11-13/h3-6,10-11,18-22H,1-2,7-9H2. The van der Waals surface area contributed by atoms with Gasteiger partial charge in [-0.15, -0.1) is 0 Å². The molecule has 2 aromatic rings. The Morgan fingerprint density at radius 2 is 1.18 bits per heavy atom. The van der Waals surface area contributed by atoms with Crippen molar-refractivity contribution < 1.29 is 20.4 Å². The highest BCUT2D eigenvalue weighted by Crippen LogP contribution is 2.25. The second-order valence-electron chi connectivity index (χ2n) is 5.25. The zero-order valence-electron chi connectivity index (χ0n) is 12.3. The molecule has 5 heteroatoms. The topological polar surface area (TPSA) is 93.0 Å². The van der Waals surface area contributed by atoms with Crippen LogP contribution in [0.2, 0.25) is 0 Å². The first-order valence-corrected chi connectivity index (χ1v) is 7.28. The average molecular weight is 303 g/mol. The molecule has 0 bridgehead atoms. The molecule has 0 amide bonds. The number of aryl methyl sites for hydroxylation is 1. The Hall–Kier alpha value is -2.40. The molecule has 2 aromatic carbocycles. The molecule has 0 aliphatic rings. The van der Waals surface area contributed by atoms with E-state index in [4.69, 9.17) is 0 Å². The molecular weight excluding hydrogens is 282 g/mol. The summed E-state index contributed by atoms with van der Waals surface area (Å²) in [4.78, 5) is 0. The summed E-state index contributed by atoms with van der Waals surface area (Å²) >= 11 is 0. The van der Waals surface area contributed by atoms with Gasteiger partial charge in [0.25, 0.3) is 0 Å². The first kappa shape index (κ1) is 16.0. The molecule has 0 spiro atoms. The molecule has 0 aliphatic carbocycles. The Balaban J connectivity index is 1.65. The van der Waals surface area contributed by atoms with Crippen LogP contribution in [-0.4, -0.2) is 33.5 Å².